The number of nitrogens with two attached hydrogens (primary N) is 1. The third-order valence-electron chi connectivity index (χ3n) is 5.69. The number of pyridine rings is 1. The van der Waals surface area contributed by atoms with E-state index >= 15 is 0 Å². The fraction of sp³-hybridized carbons (Fsp3) is 0.522. The molecule has 3 N–H and O–H groups in total. The first-order valence-corrected chi connectivity index (χ1v) is 11.4. The third kappa shape index (κ3) is 6.01. The molecule has 164 valence electrons. The summed E-state index contributed by atoms with van der Waals surface area (Å²) >= 11 is 12.5. The van der Waals surface area contributed by atoms with Crippen LogP contribution in [0, 0.1) is 0 Å². The Hall–Kier alpha value is -1.53. The second kappa shape index (κ2) is 10.2. The molecule has 3 rings (SSSR count). The van der Waals surface area contributed by atoms with Crippen molar-refractivity contribution in [3.05, 3.63) is 51.6 Å². The number of aromatic nitrogens is 1. The van der Waals surface area contributed by atoms with Gasteiger partial charge in [0.25, 0.3) is 0 Å². The average molecular weight is 451 g/mol. The van der Waals surface area contributed by atoms with Crippen LogP contribution in [0.15, 0.2) is 30.3 Å². The van der Waals surface area contributed by atoms with E-state index in [0.29, 0.717) is 21.4 Å². The summed E-state index contributed by atoms with van der Waals surface area (Å²) in [6.07, 6.45) is 4.34. The van der Waals surface area contributed by atoms with Crippen molar-refractivity contribution >= 4 is 34.7 Å². The number of unbranched alkanes of at least 4 members (excludes halogenated alkanes) is 2. The molecule has 1 saturated heterocycles. The Bertz CT molecular complexity index is 846. The number of anilines is 2. The Morgan fingerprint density at radius 3 is 2.43 bits per heavy atom. The van der Waals surface area contributed by atoms with Crippen molar-refractivity contribution in [3.8, 4) is 0 Å². The second-order valence-electron chi connectivity index (χ2n) is 8.51. The number of hydrogen-bond acceptors (Lipinski definition) is 5. The summed E-state index contributed by atoms with van der Waals surface area (Å²) in [6, 6.07) is 9.69. The van der Waals surface area contributed by atoms with E-state index in [1.165, 1.54) is 6.42 Å². The molecule has 1 aliphatic rings. The summed E-state index contributed by atoms with van der Waals surface area (Å²) in [5.41, 5.74) is 7.76. The van der Waals surface area contributed by atoms with Crippen LogP contribution in [0.2, 0.25) is 10.0 Å². The normalized spacial score (nSPS) is 15.6. The summed E-state index contributed by atoms with van der Waals surface area (Å²) in [6.45, 7) is 8.59. The highest BCUT2D eigenvalue weighted by Crippen LogP contribution is 2.33. The quantitative estimate of drug-likeness (QED) is 0.568. The van der Waals surface area contributed by atoms with Crippen LogP contribution < -0.4 is 10.6 Å². The molecule has 0 amide bonds. The predicted molar refractivity (Wildman–Crippen MR) is 127 cm³/mol. The summed E-state index contributed by atoms with van der Waals surface area (Å²) in [4.78, 5) is 9.29. The number of benzene rings is 1. The third-order valence-corrected chi connectivity index (χ3v) is 6.50. The zero-order valence-electron chi connectivity index (χ0n) is 17.9. The fourth-order valence-corrected chi connectivity index (χ4v) is 4.36. The van der Waals surface area contributed by atoms with Gasteiger partial charge in [0.15, 0.2) is 0 Å². The molecule has 0 unspecified atom stereocenters. The molecule has 0 atom stereocenters. The van der Waals surface area contributed by atoms with Crippen molar-refractivity contribution in [2.24, 2.45) is 0 Å². The SMILES string of the molecule is CC(C)(O)c1ccc(CCCCCN2CCN(c3cccc(Cl)c3Cl)CC2)nc1N. The maximum atomic E-state index is 10.1. The topological polar surface area (TPSA) is 65.6 Å². The highest BCUT2D eigenvalue weighted by molar-refractivity contribution is 6.43. The summed E-state index contributed by atoms with van der Waals surface area (Å²) < 4.78 is 0. The van der Waals surface area contributed by atoms with E-state index in [1.807, 2.05) is 30.3 Å². The van der Waals surface area contributed by atoms with Crippen molar-refractivity contribution in [3.63, 3.8) is 0 Å². The second-order valence-corrected chi connectivity index (χ2v) is 9.29. The molecule has 2 heterocycles. The Labute approximate surface area is 189 Å². The van der Waals surface area contributed by atoms with Gasteiger partial charge in [0, 0.05) is 37.4 Å². The van der Waals surface area contributed by atoms with E-state index in [2.05, 4.69) is 14.8 Å². The van der Waals surface area contributed by atoms with Crippen LogP contribution in [0.1, 0.15) is 44.4 Å². The van der Waals surface area contributed by atoms with Gasteiger partial charge in [0.2, 0.25) is 0 Å². The van der Waals surface area contributed by atoms with Gasteiger partial charge in [-0.1, -0.05) is 41.8 Å². The van der Waals surface area contributed by atoms with Gasteiger partial charge in [0.05, 0.1) is 21.3 Å². The van der Waals surface area contributed by atoms with Gasteiger partial charge in [0.1, 0.15) is 5.82 Å². The van der Waals surface area contributed by atoms with Crippen molar-refractivity contribution in [1.82, 2.24) is 9.88 Å². The Morgan fingerprint density at radius 2 is 1.77 bits per heavy atom. The molecule has 1 aromatic heterocycles. The highest BCUT2D eigenvalue weighted by atomic mass is 35.5. The first kappa shape index (κ1) is 23.1. The molecular weight excluding hydrogens is 419 g/mol. The van der Waals surface area contributed by atoms with E-state index in [-0.39, 0.29) is 0 Å². The Kier molecular flexibility index (Phi) is 7.86. The molecule has 5 nitrogen and oxygen atoms in total. The molecule has 0 radical (unpaired) electrons. The van der Waals surface area contributed by atoms with Crippen LogP contribution in [-0.2, 0) is 12.0 Å². The lowest BCUT2D eigenvalue weighted by Gasteiger charge is -2.36. The number of halogens is 2. The van der Waals surface area contributed by atoms with Crippen molar-refractivity contribution < 1.29 is 5.11 Å². The lowest BCUT2D eigenvalue weighted by atomic mass is 9.98. The van der Waals surface area contributed by atoms with Crippen LogP contribution in [-0.4, -0.2) is 47.7 Å². The number of aryl methyl sites for hydroxylation is 1. The van der Waals surface area contributed by atoms with Crippen molar-refractivity contribution in [2.45, 2.75) is 45.1 Å². The predicted octanol–water partition coefficient (Wildman–Crippen LogP) is 4.73. The Morgan fingerprint density at radius 1 is 1.03 bits per heavy atom. The molecule has 0 bridgehead atoms. The fourth-order valence-electron chi connectivity index (χ4n) is 3.94. The number of rotatable bonds is 8. The lowest BCUT2D eigenvalue weighted by Crippen LogP contribution is -2.46. The first-order chi connectivity index (χ1) is 14.3. The molecular formula is C23H32Cl2N4O. The largest absolute Gasteiger partial charge is 0.386 e. The minimum absolute atomic E-state index is 0.428. The number of nitrogen functional groups attached to an aromatic ring is 1. The van der Waals surface area contributed by atoms with Gasteiger partial charge < -0.3 is 15.7 Å². The van der Waals surface area contributed by atoms with Gasteiger partial charge in [-0.15, -0.1) is 0 Å². The van der Waals surface area contributed by atoms with Gasteiger partial charge in [-0.3, -0.25) is 4.90 Å². The average Bonchev–Trinajstić information content (AvgIpc) is 2.69. The molecule has 30 heavy (non-hydrogen) atoms. The summed E-state index contributed by atoms with van der Waals surface area (Å²) in [5.74, 6) is 0.428. The van der Waals surface area contributed by atoms with E-state index in [9.17, 15) is 5.11 Å². The van der Waals surface area contributed by atoms with Gasteiger partial charge in [-0.05, 0) is 57.9 Å². The monoisotopic (exact) mass is 450 g/mol. The van der Waals surface area contributed by atoms with Crippen LogP contribution in [0.4, 0.5) is 11.5 Å². The number of piperazine rings is 1. The van der Waals surface area contributed by atoms with Gasteiger partial charge in [-0.25, -0.2) is 4.98 Å². The van der Waals surface area contributed by atoms with Crippen LogP contribution in [0.3, 0.4) is 0 Å². The van der Waals surface area contributed by atoms with Gasteiger partial charge in [-0.2, -0.15) is 0 Å². The summed E-state index contributed by atoms with van der Waals surface area (Å²) in [5, 5.41) is 11.4. The van der Waals surface area contributed by atoms with E-state index in [1.54, 1.807) is 13.8 Å². The lowest BCUT2D eigenvalue weighted by molar-refractivity contribution is 0.0791. The van der Waals surface area contributed by atoms with Crippen LogP contribution >= 0.6 is 23.2 Å². The number of nitrogens with zero attached hydrogens (tertiary/aromatic N) is 3. The van der Waals surface area contributed by atoms with Crippen molar-refractivity contribution in [2.75, 3.05) is 43.4 Å². The standard InChI is InChI=1S/C23H32Cl2N4O/c1-23(2,30)18-11-10-17(27-22(18)26)7-4-3-5-12-28-13-15-29(16-14-28)20-9-6-8-19(24)21(20)25/h6,8-11,30H,3-5,7,12-16H2,1-2H3,(H2,26,27). The van der Waals surface area contributed by atoms with Crippen LogP contribution in [0.25, 0.3) is 0 Å². The number of aliphatic hydroxyl groups is 1. The molecule has 7 heteroatoms. The molecule has 0 saturated carbocycles. The first-order valence-electron chi connectivity index (χ1n) is 10.7. The molecule has 1 aromatic carbocycles. The zero-order chi connectivity index (χ0) is 21.7. The highest BCUT2D eigenvalue weighted by Gasteiger charge is 2.21. The molecule has 0 spiro atoms. The van der Waals surface area contributed by atoms with Crippen LogP contribution in [0.5, 0.6) is 0 Å². The van der Waals surface area contributed by atoms with E-state index < -0.39 is 5.60 Å². The Balaban J connectivity index is 1.36. The summed E-state index contributed by atoms with van der Waals surface area (Å²) in [7, 11) is 0. The number of hydrogen-bond donors (Lipinski definition) is 2. The molecule has 0 aliphatic carbocycles. The van der Waals surface area contributed by atoms with E-state index in [4.69, 9.17) is 28.9 Å². The van der Waals surface area contributed by atoms with Crippen molar-refractivity contribution in [1.29, 1.82) is 0 Å². The molecule has 2 aromatic rings. The smallest absolute Gasteiger partial charge is 0.129 e. The van der Waals surface area contributed by atoms with E-state index in [0.717, 1.165) is 63.4 Å². The minimum Gasteiger partial charge on any atom is -0.386 e. The van der Waals surface area contributed by atoms with Gasteiger partial charge >= 0.3 is 0 Å². The molecule has 1 fully saturated rings. The molecule has 1 aliphatic heterocycles. The maximum absolute atomic E-state index is 10.1. The minimum atomic E-state index is -0.961. The maximum Gasteiger partial charge on any atom is 0.129 e. The zero-order valence-corrected chi connectivity index (χ0v) is 19.4.